The van der Waals surface area contributed by atoms with E-state index in [0.29, 0.717) is 22.7 Å². The van der Waals surface area contributed by atoms with Gasteiger partial charge in [0.2, 0.25) is 10.0 Å². The van der Waals surface area contributed by atoms with Crippen LogP contribution >= 0.6 is 27.3 Å². The number of benzene rings is 1. The van der Waals surface area contributed by atoms with Crippen LogP contribution < -0.4 is 4.90 Å². The van der Waals surface area contributed by atoms with Gasteiger partial charge in [0.1, 0.15) is 10.7 Å². The highest BCUT2D eigenvalue weighted by atomic mass is 79.9. The maximum Gasteiger partial charge on any atom is 0.490 e. The Hall–Kier alpha value is -2.26. The lowest BCUT2D eigenvalue weighted by atomic mass is 9.72. The molecule has 0 atom stereocenters. The molecular weight excluding hydrogens is 645 g/mol. The number of nitrogens with zero attached hydrogens (tertiary/aromatic N) is 4. The molecule has 2 fully saturated rings. The molecule has 5 rings (SSSR count). The summed E-state index contributed by atoms with van der Waals surface area (Å²) >= 11 is 5.09. The number of thiophene rings is 1. The first-order chi connectivity index (χ1) is 19.2. The lowest BCUT2D eigenvalue weighted by molar-refractivity contribution is -0.192. The molecule has 0 unspecified atom stereocenters. The van der Waals surface area contributed by atoms with Crippen molar-refractivity contribution in [1.29, 1.82) is 0 Å². The van der Waals surface area contributed by atoms with E-state index in [2.05, 4.69) is 32.8 Å². The number of hydrogen-bond acceptors (Lipinski definition) is 7. The number of piperidine rings is 2. The molecule has 0 amide bonds. The first kappa shape index (κ1) is 31.7. The quantitative estimate of drug-likeness (QED) is 0.364. The molecule has 1 spiro atoms. The number of carboxylic acid groups (broad SMARTS) is 1. The summed E-state index contributed by atoms with van der Waals surface area (Å²) in [5.41, 5.74) is 2.14. The Labute approximate surface area is 249 Å². The zero-order valence-electron chi connectivity index (χ0n) is 22.7. The van der Waals surface area contributed by atoms with Crippen LogP contribution in [-0.4, -0.2) is 80.1 Å². The monoisotopic (exact) mass is 676 g/mol. The van der Waals surface area contributed by atoms with Crippen molar-refractivity contribution in [2.45, 2.75) is 43.3 Å². The van der Waals surface area contributed by atoms with E-state index in [-0.39, 0.29) is 0 Å². The van der Waals surface area contributed by atoms with Crippen LogP contribution in [0.3, 0.4) is 0 Å². The van der Waals surface area contributed by atoms with Crippen LogP contribution in [0.4, 0.5) is 19.0 Å². The fraction of sp³-hybridized carbons (Fsp3) is 0.481. The van der Waals surface area contributed by atoms with Crippen molar-refractivity contribution >= 4 is 60.0 Å². The van der Waals surface area contributed by atoms with Crippen molar-refractivity contribution in [2.24, 2.45) is 5.41 Å². The second-order valence-electron chi connectivity index (χ2n) is 10.6. The number of carbonyl (C=O) groups is 1. The van der Waals surface area contributed by atoms with Gasteiger partial charge in [0.25, 0.3) is 0 Å². The minimum atomic E-state index is -5.08. The molecular formula is C27H32BrF3N4O4S2. The van der Waals surface area contributed by atoms with E-state index in [4.69, 9.17) is 14.9 Å². The van der Waals surface area contributed by atoms with Gasteiger partial charge < -0.3 is 14.9 Å². The topological polar surface area (TPSA) is 94.0 Å². The van der Waals surface area contributed by atoms with E-state index < -0.39 is 22.2 Å². The number of alkyl halides is 3. The normalized spacial score (nSPS) is 18.0. The largest absolute Gasteiger partial charge is 0.490 e. The number of fused-ring (bicyclic) bond motifs is 1. The van der Waals surface area contributed by atoms with Gasteiger partial charge in [-0.25, -0.2) is 18.2 Å². The third-order valence-corrected chi connectivity index (χ3v) is 11.3. The smallest absolute Gasteiger partial charge is 0.475 e. The maximum absolute atomic E-state index is 13.9. The highest BCUT2D eigenvalue weighted by Gasteiger charge is 2.39. The molecule has 224 valence electrons. The number of halogens is 4. The summed E-state index contributed by atoms with van der Waals surface area (Å²) in [6, 6.07) is 9.59. The lowest BCUT2D eigenvalue weighted by Gasteiger charge is -2.47. The van der Waals surface area contributed by atoms with Crippen molar-refractivity contribution < 1.29 is 31.5 Å². The molecule has 0 aliphatic carbocycles. The lowest BCUT2D eigenvalue weighted by Crippen LogP contribution is -2.49. The van der Waals surface area contributed by atoms with Crippen molar-refractivity contribution in [2.75, 3.05) is 45.2 Å². The molecule has 14 heteroatoms. The second kappa shape index (κ2) is 12.5. The van der Waals surface area contributed by atoms with E-state index in [0.717, 1.165) is 53.4 Å². The van der Waals surface area contributed by atoms with Gasteiger partial charge in [-0.3, -0.25) is 0 Å². The van der Waals surface area contributed by atoms with Gasteiger partial charge in [-0.15, -0.1) is 0 Å². The number of para-hydroxylation sites is 1. The molecule has 2 aliphatic heterocycles. The Bertz CT molecular complexity index is 1490. The highest BCUT2D eigenvalue weighted by Crippen LogP contribution is 2.41. The molecule has 0 saturated carbocycles. The molecule has 2 aliphatic rings. The van der Waals surface area contributed by atoms with E-state index in [9.17, 15) is 21.6 Å². The van der Waals surface area contributed by atoms with E-state index in [1.807, 2.05) is 41.1 Å². The summed E-state index contributed by atoms with van der Waals surface area (Å²) in [4.78, 5) is 18.8. The molecule has 8 nitrogen and oxygen atoms in total. The zero-order chi connectivity index (χ0) is 30.0. The summed E-state index contributed by atoms with van der Waals surface area (Å²) in [6.45, 7) is 4.29. The van der Waals surface area contributed by atoms with Crippen LogP contribution in [-0.2, 0) is 21.4 Å². The Morgan fingerprint density at radius 2 is 1.83 bits per heavy atom. The molecule has 41 heavy (non-hydrogen) atoms. The average Bonchev–Trinajstić information content (AvgIpc) is 3.32. The number of hydrogen-bond donors (Lipinski definition) is 1. The van der Waals surface area contributed by atoms with Crippen LogP contribution in [0.1, 0.15) is 31.2 Å². The Balaban J connectivity index is 0.000000493. The summed E-state index contributed by atoms with van der Waals surface area (Å²) < 4.78 is 61.8. The minimum absolute atomic E-state index is 0.303. The van der Waals surface area contributed by atoms with Crippen molar-refractivity contribution in [3.05, 3.63) is 51.1 Å². The average molecular weight is 678 g/mol. The van der Waals surface area contributed by atoms with Gasteiger partial charge >= 0.3 is 12.1 Å². The molecule has 2 aromatic heterocycles. The summed E-state index contributed by atoms with van der Waals surface area (Å²) in [5, 5.41) is 11.9. The summed E-state index contributed by atoms with van der Waals surface area (Å²) in [6.07, 6.45) is -0.431. The molecule has 0 radical (unpaired) electrons. The first-order valence-corrected chi connectivity index (χ1v) is 16.2. The SMILES string of the molecule is CN1CCCC2(CCN(c3nc4ccccc4cc3S(=O)(=O)N(C)Cc3cscc3Br)CC2)C1.O=C(O)C(F)(F)F. The third-order valence-electron chi connectivity index (χ3n) is 7.66. The Kier molecular flexibility index (Phi) is 9.69. The van der Waals surface area contributed by atoms with Crippen LogP contribution in [0.15, 0.2) is 50.5 Å². The van der Waals surface area contributed by atoms with Crippen molar-refractivity contribution in [3.63, 3.8) is 0 Å². The van der Waals surface area contributed by atoms with Crippen LogP contribution in [0.25, 0.3) is 10.9 Å². The Morgan fingerprint density at radius 1 is 1.17 bits per heavy atom. The maximum atomic E-state index is 13.9. The molecule has 1 N–H and O–H groups in total. The first-order valence-electron chi connectivity index (χ1n) is 13.0. The predicted molar refractivity (Wildman–Crippen MR) is 157 cm³/mol. The van der Waals surface area contributed by atoms with E-state index >= 15 is 0 Å². The van der Waals surface area contributed by atoms with Crippen molar-refractivity contribution in [3.8, 4) is 0 Å². The Morgan fingerprint density at radius 3 is 2.41 bits per heavy atom. The van der Waals surface area contributed by atoms with Gasteiger partial charge in [0.15, 0.2) is 0 Å². The standard InChI is InChI=1S/C25H31BrN4O2S2.C2HF3O2/c1-28-11-5-8-25(18-28)9-12-30(13-10-25)24-23(14-19-6-3-4-7-22(19)27-24)34(31,32)29(2)15-20-16-33-17-21(20)26;3-2(4,5)1(6)7/h3-4,6-7,14,16-17H,5,8-13,15,18H2,1-2H3;(H,6,7). The number of aromatic nitrogens is 1. The molecule has 2 saturated heterocycles. The van der Waals surface area contributed by atoms with E-state index in [1.54, 1.807) is 18.4 Å². The van der Waals surface area contributed by atoms with E-state index in [1.165, 1.54) is 23.7 Å². The van der Waals surface area contributed by atoms with Crippen LogP contribution in [0.5, 0.6) is 0 Å². The van der Waals surface area contributed by atoms with Gasteiger partial charge in [0, 0.05) is 48.5 Å². The summed E-state index contributed by atoms with van der Waals surface area (Å²) in [7, 11) is 0.126. The number of pyridine rings is 1. The molecule has 4 heterocycles. The summed E-state index contributed by atoms with van der Waals surface area (Å²) in [5.74, 6) is -2.17. The molecule has 0 bridgehead atoms. The van der Waals surface area contributed by atoms with Crippen molar-refractivity contribution in [1.82, 2.24) is 14.2 Å². The predicted octanol–water partition coefficient (Wildman–Crippen LogP) is 5.83. The zero-order valence-corrected chi connectivity index (χ0v) is 25.9. The molecule has 3 aromatic rings. The number of aliphatic carboxylic acids is 1. The van der Waals surface area contributed by atoms with Gasteiger partial charge in [-0.2, -0.15) is 28.8 Å². The fourth-order valence-electron chi connectivity index (χ4n) is 5.47. The molecule has 1 aromatic carbocycles. The number of anilines is 1. The number of rotatable bonds is 5. The van der Waals surface area contributed by atoms with Gasteiger partial charge in [-0.1, -0.05) is 18.2 Å². The third kappa shape index (κ3) is 7.39. The number of likely N-dealkylation sites (tertiary alicyclic amines) is 1. The van der Waals surface area contributed by atoms with Crippen LogP contribution in [0.2, 0.25) is 0 Å². The second-order valence-corrected chi connectivity index (χ2v) is 14.3. The minimum Gasteiger partial charge on any atom is -0.475 e. The number of carboxylic acids is 1. The highest BCUT2D eigenvalue weighted by molar-refractivity contribution is 9.10. The number of sulfonamides is 1. The fourth-order valence-corrected chi connectivity index (χ4v) is 8.22. The van der Waals surface area contributed by atoms with Gasteiger partial charge in [0.05, 0.1) is 5.52 Å². The van der Waals surface area contributed by atoms with Crippen LogP contribution in [0, 0.1) is 5.41 Å². The van der Waals surface area contributed by atoms with Gasteiger partial charge in [-0.05, 0) is 83.7 Å².